The zero-order valence-electron chi connectivity index (χ0n) is 15.4. The standard InChI is InChI=1S/C21H20O6/c1-13(2)27-20(22)12-25-16-8-9-17-19(10-16)26-11-18(21(17)23)14-4-6-15(24-3)7-5-14/h4-11,13H,12H2,1-3H3. The SMILES string of the molecule is COc1ccc(-c2coc3cc(OCC(=O)OC(C)C)ccc3c2=O)cc1. The summed E-state index contributed by atoms with van der Waals surface area (Å²) in [5.74, 6) is 0.673. The second-order valence-corrected chi connectivity index (χ2v) is 6.19. The molecule has 3 rings (SSSR count). The minimum Gasteiger partial charge on any atom is -0.497 e. The van der Waals surface area contributed by atoms with Gasteiger partial charge in [-0.15, -0.1) is 0 Å². The number of carbonyl (C=O) groups is 1. The third kappa shape index (κ3) is 4.28. The highest BCUT2D eigenvalue weighted by molar-refractivity contribution is 5.82. The van der Waals surface area contributed by atoms with Gasteiger partial charge in [0.05, 0.1) is 24.2 Å². The summed E-state index contributed by atoms with van der Waals surface area (Å²) < 4.78 is 21.2. The molecule has 140 valence electrons. The molecule has 27 heavy (non-hydrogen) atoms. The van der Waals surface area contributed by atoms with Gasteiger partial charge in [-0.25, -0.2) is 4.79 Å². The lowest BCUT2D eigenvalue weighted by Gasteiger charge is -2.10. The summed E-state index contributed by atoms with van der Waals surface area (Å²) in [6, 6.07) is 12.0. The molecule has 3 aromatic rings. The Kier molecular flexibility index (Phi) is 5.45. The molecule has 1 aromatic heterocycles. The summed E-state index contributed by atoms with van der Waals surface area (Å²) in [5, 5.41) is 0.431. The smallest absolute Gasteiger partial charge is 0.344 e. The van der Waals surface area contributed by atoms with Gasteiger partial charge in [-0.2, -0.15) is 0 Å². The second kappa shape index (κ2) is 7.95. The van der Waals surface area contributed by atoms with E-state index in [9.17, 15) is 9.59 Å². The molecule has 0 radical (unpaired) electrons. The van der Waals surface area contributed by atoms with Crippen molar-refractivity contribution in [1.82, 2.24) is 0 Å². The molecule has 0 aliphatic heterocycles. The van der Waals surface area contributed by atoms with Crippen LogP contribution in [0.4, 0.5) is 0 Å². The Hall–Kier alpha value is -3.28. The van der Waals surface area contributed by atoms with Crippen LogP contribution in [0, 0.1) is 0 Å². The van der Waals surface area contributed by atoms with Gasteiger partial charge in [0, 0.05) is 6.07 Å². The van der Waals surface area contributed by atoms with Gasteiger partial charge >= 0.3 is 5.97 Å². The summed E-state index contributed by atoms with van der Waals surface area (Å²) >= 11 is 0. The maximum absolute atomic E-state index is 12.8. The lowest BCUT2D eigenvalue weighted by Crippen LogP contribution is -2.18. The van der Waals surface area contributed by atoms with Crippen molar-refractivity contribution in [2.45, 2.75) is 20.0 Å². The highest BCUT2D eigenvalue weighted by Crippen LogP contribution is 2.24. The van der Waals surface area contributed by atoms with E-state index in [1.165, 1.54) is 6.26 Å². The van der Waals surface area contributed by atoms with Crippen molar-refractivity contribution in [1.29, 1.82) is 0 Å². The molecule has 0 unspecified atom stereocenters. The molecule has 0 aliphatic rings. The summed E-state index contributed by atoms with van der Waals surface area (Å²) in [4.78, 5) is 24.3. The normalized spacial score (nSPS) is 10.8. The third-order valence-electron chi connectivity index (χ3n) is 3.87. The van der Waals surface area contributed by atoms with E-state index in [2.05, 4.69) is 0 Å². The summed E-state index contributed by atoms with van der Waals surface area (Å²) in [6.45, 7) is 3.32. The van der Waals surface area contributed by atoms with Gasteiger partial charge in [-0.05, 0) is 43.7 Å². The number of esters is 1. The largest absolute Gasteiger partial charge is 0.497 e. The van der Waals surface area contributed by atoms with Gasteiger partial charge < -0.3 is 18.6 Å². The van der Waals surface area contributed by atoms with E-state index in [0.717, 1.165) is 5.56 Å². The quantitative estimate of drug-likeness (QED) is 0.616. The fraction of sp³-hybridized carbons (Fsp3) is 0.238. The van der Waals surface area contributed by atoms with Crippen molar-refractivity contribution < 1.29 is 23.4 Å². The first-order valence-corrected chi connectivity index (χ1v) is 8.50. The Morgan fingerprint density at radius 2 is 1.78 bits per heavy atom. The Morgan fingerprint density at radius 1 is 1.07 bits per heavy atom. The van der Waals surface area contributed by atoms with Crippen LogP contribution in [0.3, 0.4) is 0 Å². The molecule has 1 heterocycles. The number of ether oxygens (including phenoxy) is 3. The van der Waals surface area contributed by atoms with E-state index in [4.69, 9.17) is 18.6 Å². The zero-order chi connectivity index (χ0) is 19.4. The average molecular weight is 368 g/mol. The van der Waals surface area contributed by atoms with E-state index < -0.39 is 5.97 Å². The highest BCUT2D eigenvalue weighted by Gasteiger charge is 2.11. The van der Waals surface area contributed by atoms with Crippen molar-refractivity contribution in [3.63, 3.8) is 0 Å². The second-order valence-electron chi connectivity index (χ2n) is 6.19. The Bertz CT molecular complexity index is 1000. The molecule has 0 amide bonds. The number of fused-ring (bicyclic) bond motifs is 1. The minimum atomic E-state index is -0.457. The third-order valence-corrected chi connectivity index (χ3v) is 3.87. The lowest BCUT2D eigenvalue weighted by molar-refractivity contribution is -0.149. The molecule has 0 fully saturated rings. The molecule has 0 saturated carbocycles. The first kappa shape index (κ1) is 18.5. The molecule has 0 N–H and O–H groups in total. The van der Waals surface area contributed by atoms with Crippen LogP contribution in [-0.4, -0.2) is 25.8 Å². The van der Waals surface area contributed by atoms with Crippen molar-refractivity contribution >= 4 is 16.9 Å². The van der Waals surface area contributed by atoms with Gasteiger partial charge in [-0.3, -0.25) is 4.79 Å². The van der Waals surface area contributed by atoms with Crippen molar-refractivity contribution in [2.24, 2.45) is 0 Å². The predicted molar refractivity (Wildman–Crippen MR) is 101 cm³/mol. The Labute approximate surface area is 156 Å². The average Bonchev–Trinajstić information content (AvgIpc) is 2.66. The van der Waals surface area contributed by atoms with E-state index in [0.29, 0.717) is 28.0 Å². The van der Waals surface area contributed by atoms with Gasteiger partial charge in [0.25, 0.3) is 0 Å². The van der Waals surface area contributed by atoms with E-state index >= 15 is 0 Å². The number of methoxy groups -OCH3 is 1. The monoisotopic (exact) mass is 368 g/mol. The maximum atomic E-state index is 12.8. The van der Waals surface area contributed by atoms with Gasteiger partial charge in [-0.1, -0.05) is 12.1 Å². The molecule has 6 nitrogen and oxygen atoms in total. The topological polar surface area (TPSA) is 75.0 Å². The van der Waals surface area contributed by atoms with Crippen molar-refractivity contribution in [3.8, 4) is 22.6 Å². The first-order chi connectivity index (χ1) is 13.0. The number of hydrogen-bond acceptors (Lipinski definition) is 6. The van der Waals surface area contributed by atoms with Crippen LogP contribution in [0.5, 0.6) is 11.5 Å². The first-order valence-electron chi connectivity index (χ1n) is 8.50. The molecule has 0 spiro atoms. The maximum Gasteiger partial charge on any atom is 0.344 e. The van der Waals surface area contributed by atoms with Crippen molar-refractivity contribution in [3.05, 3.63) is 59.0 Å². The molecule has 0 bridgehead atoms. The van der Waals surface area contributed by atoms with Gasteiger partial charge in [0.1, 0.15) is 23.3 Å². The molecule has 0 atom stereocenters. The van der Waals surface area contributed by atoms with Gasteiger partial charge in [0.15, 0.2) is 12.0 Å². The minimum absolute atomic E-state index is 0.146. The summed E-state index contributed by atoms with van der Waals surface area (Å²) in [5.41, 5.74) is 1.43. The fourth-order valence-corrected chi connectivity index (χ4v) is 2.61. The predicted octanol–water partition coefficient (Wildman–Crippen LogP) is 3.80. The molecule has 0 saturated heterocycles. The Morgan fingerprint density at radius 3 is 2.44 bits per heavy atom. The lowest BCUT2D eigenvalue weighted by atomic mass is 10.1. The number of carbonyl (C=O) groups excluding carboxylic acids is 1. The number of rotatable bonds is 6. The van der Waals surface area contributed by atoms with E-state index in [1.807, 2.05) is 0 Å². The van der Waals surface area contributed by atoms with Crippen LogP contribution in [0.15, 0.2) is 57.9 Å². The molecule has 0 aliphatic carbocycles. The fourth-order valence-electron chi connectivity index (χ4n) is 2.61. The van der Waals surface area contributed by atoms with E-state index in [-0.39, 0.29) is 18.1 Å². The molecular formula is C21H20O6. The highest BCUT2D eigenvalue weighted by atomic mass is 16.6. The van der Waals surface area contributed by atoms with Crippen LogP contribution < -0.4 is 14.9 Å². The summed E-state index contributed by atoms with van der Waals surface area (Å²) in [6.07, 6.45) is 1.22. The molecular weight excluding hydrogens is 348 g/mol. The number of hydrogen-bond donors (Lipinski definition) is 0. The van der Waals surface area contributed by atoms with Crippen LogP contribution in [-0.2, 0) is 9.53 Å². The van der Waals surface area contributed by atoms with Crippen LogP contribution in [0.1, 0.15) is 13.8 Å². The molecule has 2 aromatic carbocycles. The van der Waals surface area contributed by atoms with Gasteiger partial charge in [0.2, 0.25) is 0 Å². The zero-order valence-corrected chi connectivity index (χ0v) is 15.4. The van der Waals surface area contributed by atoms with Crippen molar-refractivity contribution in [2.75, 3.05) is 13.7 Å². The summed E-state index contributed by atoms with van der Waals surface area (Å²) in [7, 11) is 1.58. The number of benzene rings is 2. The van der Waals surface area contributed by atoms with Crippen LogP contribution in [0.25, 0.3) is 22.1 Å². The Balaban J connectivity index is 1.84. The van der Waals surface area contributed by atoms with Crippen LogP contribution >= 0.6 is 0 Å². The van der Waals surface area contributed by atoms with E-state index in [1.54, 1.807) is 63.4 Å². The molecule has 6 heteroatoms. The van der Waals surface area contributed by atoms with Crippen LogP contribution in [0.2, 0.25) is 0 Å².